The third-order valence-corrected chi connectivity index (χ3v) is 2.52. The van der Waals surface area contributed by atoms with E-state index in [1.54, 1.807) is 0 Å². The number of hydrogen-bond acceptors (Lipinski definition) is 4. The molecule has 0 aromatic heterocycles. The molecule has 1 aromatic rings. The third-order valence-electron chi connectivity index (χ3n) is 2.52. The molecule has 18 heavy (non-hydrogen) atoms. The van der Waals surface area contributed by atoms with Crippen LogP contribution in [-0.4, -0.2) is 43.7 Å². The van der Waals surface area contributed by atoms with Gasteiger partial charge < -0.3 is 9.47 Å². The Morgan fingerprint density at radius 2 is 1.94 bits per heavy atom. The number of rotatable bonds is 8. The largest absolute Gasteiger partial charge is 0.492 e. The fourth-order valence-corrected chi connectivity index (χ4v) is 1.55. The lowest BCUT2D eigenvalue weighted by atomic mass is 10.3. The summed E-state index contributed by atoms with van der Waals surface area (Å²) in [5.74, 6) is 0.670. The molecule has 0 saturated heterocycles. The molecule has 0 amide bonds. The predicted octanol–water partition coefficient (Wildman–Crippen LogP) is 1.95. The molecule has 0 fully saturated rings. The monoisotopic (exact) mass is 251 g/mol. The minimum Gasteiger partial charge on any atom is -0.492 e. The van der Waals surface area contributed by atoms with Crippen LogP contribution in [0.5, 0.6) is 5.75 Å². The van der Waals surface area contributed by atoms with Gasteiger partial charge in [0, 0.05) is 6.54 Å². The van der Waals surface area contributed by atoms with E-state index < -0.39 is 0 Å². The van der Waals surface area contributed by atoms with Crippen LogP contribution in [0.1, 0.15) is 13.8 Å². The number of hydrogen-bond donors (Lipinski definition) is 0. The first-order valence-corrected chi connectivity index (χ1v) is 6.32. The van der Waals surface area contributed by atoms with Crippen LogP contribution in [0.3, 0.4) is 0 Å². The lowest BCUT2D eigenvalue weighted by Crippen LogP contribution is -2.34. The molecule has 1 rings (SSSR count). The number of ether oxygens (including phenoxy) is 2. The molecular formula is C14H21NO3. The maximum Gasteiger partial charge on any atom is 0.320 e. The average molecular weight is 251 g/mol. The summed E-state index contributed by atoms with van der Waals surface area (Å²) < 4.78 is 10.5. The Morgan fingerprint density at radius 1 is 1.22 bits per heavy atom. The molecule has 100 valence electrons. The summed E-state index contributed by atoms with van der Waals surface area (Å²) in [6.45, 7) is 6.66. The number of carbonyl (C=O) groups is 1. The van der Waals surface area contributed by atoms with Crippen molar-refractivity contribution >= 4 is 5.97 Å². The van der Waals surface area contributed by atoms with Gasteiger partial charge in [-0.05, 0) is 25.6 Å². The van der Waals surface area contributed by atoms with Crippen LogP contribution in [0.2, 0.25) is 0 Å². The molecule has 1 aromatic carbocycles. The van der Waals surface area contributed by atoms with Gasteiger partial charge in [0.15, 0.2) is 0 Å². The van der Waals surface area contributed by atoms with E-state index in [0.29, 0.717) is 26.3 Å². The summed E-state index contributed by atoms with van der Waals surface area (Å²) in [5.41, 5.74) is 0. The molecule has 0 aliphatic heterocycles. The fourth-order valence-electron chi connectivity index (χ4n) is 1.55. The maximum atomic E-state index is 11.3. The van der Waals surface area contributed by atoms with Crippen molar-refractivity contribution in [3.63, 3.8) is 0 Å². The van der Waals surface area contributed by atoms with Crippen LogP contribution < -0.4 is 4.74 Å². The highest BCUT2D eigenvalue weighted by atomic mass is 16.5. The Morgan fingerprint density at radius 3 is 2.56 bits per heavy atom. The van der Waals surface area contributed by atoms with E-state index in [4.69, 9.17) is 9.47 Å². The second-order valence-electron chi connectivity index (χ2n) is 3.84. The van der Waals surface area contributed by atoms with E-state index in [1.807, 2.05) is 49.1 Å². The van der Waals surface area contributed by atoms with Gasteiger partial charge in [-0.15, -0.1) is 0 Å². The number of benzene rings is 1. The quantitative estimate of drug-likeness (QED) is 0.662. The van der Waals surface area contributed by atoms with Gasteiger partial charge in [-0.3, -0.25) is 9.69 Å². The van der Waals surface area contributed by atoms with E-state index in [-0.39, 0.29) is 5.97 Å². The summed E-state index contributed by atoms with van der Waals surface area (Å²) in [7, 11) is 0. The van der Waals surface area contributed by atoms with Crippen molar-refractivity contribution in [3.8, 4) is 5.75 Å². The third kappa shape index (κ3) is 5.68. The van der Waals surface area contributed by atoms with Crippen LogP contribution in [0.4, 0.5) is 0 Å². The van der Waals surface area contributed by atoms with Crippen molar-refractivity contribution in [3.05, 3.63) is 30.3 Å². The molecule has 0 aliphatic carbocycles. The normalized spacial score (nSPS) is 10.4. The van der Waals surface area contributed by atoms with E-state index in [9.17, 15) is 4.79 Å². The number of para-hydroxylation sites is 1. The van der Waals surface area contributed by atoms with Crippen molar-refractivity contribution in [2.45, 2.75) is 13.8 Å². The Hall–Kier alpha value is -1.55. The Labute approximate surface area is 108 Å². The first-order valence-electron chi connectivity index (χ1n) is 6.32. The first-order chi connectivity index (χ1) is 8.76. The topological polar surface area (TPSA) is 38.8 Å². The van der Waals surface area contributed by atoms with Crippen molar-refractivity contribution in [1.29, 1.82) is 0 Å². The highest BCUT2D eigenvalue weighted by Gasteiger charge is 2.09. The highest BCUT2D eigenvalue weighted by Crippen LogP contribution is 2.07. The zero-order valence-corrected chi connectivity index (χ0v) is 11.1. The molecule has 0 bridgehead atoms. The second kappa shape index (κ2) is 8.53. The maximum absolute atomic E-state index is 11.3. The van der Waals surface area contributed by atoms with Crippen LogP contribution in [-0.2, 0) is 9.53 Å². The molecule has 4 nitrogen and oxygen atoms in total. The van der Waals surface area contributed by atoms with E-state index in [2.05, 4.69) is 0 Å². The Balaban J connectivity index is 2.25. The molecule has 0 N–H and O–H groups in total. The van der Waals surface area contributed by atoms with Gasteiger partial charge in [0.2, 0.25) is 0 Å². The molecule has 0 aliphatic rings. The second-order valence-corrected chi connectivity index (χ2v) is 3.84. The van der Waals surface area contributed by atoms with Crippen molar-refractivity contribution < 1.29 is 14.3 Å². The van der Waals surface area contributed by atoms with Crippen LogP contribution in [0.25, 0.3) is 0 Å². The van der Waals surface area contributed by atoms with Gasteiger partial charge in [-0.1, -0.05) is 25.1 Å². The van der Waals surface area contributed by atoms with Gasteiger partial charge in [-0.25, -0.2) is 0 Å². The van der Waals surface area contributed by atoms with Crippen LogP contribution in [0.15, 0.2) is 30.3 Å². The van der Waals surface area contributed by atoms with E-state index in [1.165, 1.54) is 0 Å². The number of likely N-dealkylation sites (N-methyl/N-ethyl adjacent to an activating group) is 1. The van der Waals surface area contributed by atoms with Gasteiger partial charge in [0.05, 0.1) is 13.2 Å². The molecule has 0 spiro atoms. The molecular weight excluding hydrogens is 230 g/mol. The summed E-state index contributed by atoms with van der Waals surface area (Å²) in [6, 6.07) is 9.66. The minimum atomic E-state index is -0.181. The molecule has 0 radical (unpaired) electrons. The summed E-state index contributed by atoms with van der Waals surface area (Å²) in [4.78, 5) is 13.3. The van der Waals surface area contributed by atoms with Crippen LogP contribution in [0, 0.1) is 0 Å². The van der Waals surface area contributed by atoms with Gasteiger partial charge in [-0.2, -0.15) is 0 Å². The standard InChI is InChI=1S/C14H21NO3/c1-3-15(12-14(16)17-4-2)10-11-18-13-8-6-5-7-9-13/h5-9H,3-4,10-12H2,1-2H3. The summed E-state index contributed by atoms with van der Waals surface area (Å²) >= 11 is 0. The van der Waals surface area contributed by atoms with Gasteiger partial charge in [0.1, 0.15) is 12.4 Å². The zero-order chi connectivity index (χ0) is 13.2. The minimum absolute atomic E-state index is 0.181. The molecule has 0 atom stereocenters. The fraction of sp³-hybridized carbons (Fsp3) is 0.500. The van der Waals surface area contributed by atoms with Gasteiger partial charge >= 0.3 is 5.97 Å². The SMILES string of the molecule is CCOC(=O)CN(CC)CCOc1ccccc1. The summed E-state index contributed by atoms with van der Waals surface area (Å²) in [5, 5.41) is 0. The van der Waals surface area contributed by atoms with Crippen LogP contribution >= 0.6 is 0 Å². The Bertz CT molecular complexity index is 340. The smallest absolute Gasteiger partial charge is 0.320 e. The number of esters is 1. The first kappa shape index (κ1) is 14.5. The van der Waals surface area contributed by atoms with Crippen molar-refractivity contribution in [1.82, 2.24) is 4.90 Å². The Kier molecular flexibility index (Phi) is 6.87. The van der Waals surface area contributed by atoms with Gasteiger partial charge in [0.25, 0.3) is 0 Å². The number of carbonyl (C=O) groups excluding carboxylic acids is 1. The highest BCUT2D eigenvalue weighted by molar-refractivity contribution is 5.71. The number of nitrogens with zero attached hydrogens (tertiary/aromatic N) is 1. The lowest BCUT2D eigenvalue weighted by molar-refractivity contribution is -0.144. The average Bonchev–Trinajstić information content (AvgIpc) is 2.39. The lowest BCUT2D eigenvalue weighted by Gasteiger charge is -2.19. The summed E-state index contributed by atoms with van der Waals surface area (Å²) in [6.07, 6.45) is 0. The van der Waals surface area contributed by atoms with E-state index >= 15 is 0 Å². The molecule has 0 saturated carbocycles. The van der Waals surface area contributed by atoms with Crippen molar-refractivity contribution in [2.75, 3.05) is 32.8 Å². The molecule has 0 unspecified atom stereocenters. The predicted molar refractivity (Wildman–Crippen MR) is 70.7 cm³/mol. The zero-order valence-electron chi connectivity index (χ0n) is 11.1. The molecule has 0 heterocycles. The van der Waals surface area contributed by atoms with Crippen molar-refractivity contribution in [2.24, 2.45) is 0 Å². The van der Waals surface area contributed by atoms with E-state index in [0.717, 1.165) is 12.3 Å². The molecule has 4 heteroatoms.